The van der Waals surface area contributed by atoms with Crippen molar-refractivity contribution in [2.45, 2.75) is 6.92 Å². The van der Waals surface area contributed by atoms with Crippen LogP contribution in [0.2, 0.25) is 0 Å². The molecule has 42 valence electrons. The molecular formula is C7H4N2. The number of nitriles is 2. The molecule has 0 aromatic heterocycles. The van der Waals surface area contributed by atoms with Crippen LogP contribution in [0.1, 0.15) is 6.92 Å². The van der Waals surface area contributed by atoms with Crippen LogP contribution in [0.3, 0.4) is 0 Å². The van der Waals surface area contributed by atoms with Gasteiger partial charge < -0.3 is 0 Å². The van der Waals surface area contributed by atoms with E-state index < -0.39 is 0 Å². The molecule has 0 bridgehead atoms. The average molecular weight is 116 g/mol. The first-order valence-electron chi connectivity index (χ1n) is 2.27. The van der Waals surface area contributed by atoms with Gasteiger partial charge in [0.25, 0.3) is 0 Å². The summed E-state index contributed by atoms with van der Waals surface area (Å²) in [5.41, 5.74) is 0.0457. The second kappa shape index (κ2) is 4.44. The van der Waals surface area contributed by atoms with Crippen molar-refractivity contribution in [3.05, 3.63) is 11.6 Å². The Morgan fingerprint density at radius 3 is 2.22 bits per heavy atom. The van der Waals surface area contributed by atoms with Crippen molar-refractivity contribution >= 4 is 0 Å². The summed E-state index contributed by atoms with van der Waals surface area (Å²) in [5, 5.41) is 16.3. The van der Waals surface area contributed by atoms with Crippen LogP contribution in [0.15, 0.2) is 11.6 Å². The van der Waals surface area contributed by atoms with Gasteiger partial charge in [0.1, 0.15) is 17.7 Å². The van der Waals surface area contributed by atoms with Gasteiger partial charge in [-0.1, -0.05) is 5.92 Å². The van der Waals surface area contributed by atoms with Crippen LogP contribution in [0, 0.1) is 34.5 Å². The van der Waals surface area contributed by atoms with Crippen molar-refractivity contribution in [3.63, 3.8) is 0 Å². The molecule has 0 aromatic rings. The van der Waals surface area contributed by atoms with Crippen molar-refractivity contribution < 1.29 is 0 Å². The zero-order chi connectivity index (χ0) is 7.11. The van der Waals surface area contributed by atoms with Crippen LogP contribution in [0.25, 0.3) is 0 Å². The molecule has 0 rings (SSSR count). The molecule has 0 spiro atoms. The highest BCUT2D eigenvalue weighted by molar-refractivity contribution is 5.40. The standard InChI is InChI=1S/C7H4N2/c1-2-3-4-7(5-8)6-9/h4H,1H3. The Kier molecular flexibility index (Phi) is 3.59. The Labute approximate surface area is 54.0 Å². The van der Waals surface area contributed by atoms with E-state index in [0.717, 1.165) is 0 Å². The van der Waals surface area contributed by atoms with Crippen LogP contribution in [-0.2, 0) is 0 Å². The number of nitrogens with zero attached hydrogens (tertiary/aromatic N) is 2. The summed E-state index contributed by atoms with van der Waals surface area (Å²) in [6.07, 6.45) is 1.29. The molecule has 0 heterocycles. The monoisotopic (exact) mass is 116 g/mol. The van der Waals surface area contributed by atoms with Gasteiger partial charge in [-0.2, -0.15) is 10.5 Å². The highest BCUT2D eigenvalue weighted by Crippen LogP contribution is 1.84. The predicted molar refractivity (Wildman–Crippen MR) is 32.8 cm³/mol. The minimum atomic E-state index is 0.0457. The van der Waals surface area contributed by atoms with E-state index in [1.807, 2.05) is 0 Å². The van der Waals surface area contributed by atoms with Crippen LogP contribution >= 0.6 is 0 Å². The molecule has 2 nitrogen and oxygen atoms in total. The minimum Gasteiger partial charge on any atom is -0.192 e. The van der Waals surface area contributed by atoms with Gasteiger partial charge in [-0.15, -0.1) is 5.92 Å². The fourth-order valence-corrected chi connectivity index (χ4v) is 0.234. The van der Waals surface area contributed by atoms with Crippen LogP contribution in [0.5, 0.6) is 0 Å². The van der Waals surface area contributed by atoms with E-state index in [2.05, 4.69) is 11.8 Å². The molecule has 0 unspecified atom stereocenters. The third kappa shape index (κ3) is 2.92. The number of hydrogen-bond donors (Lipinski definition) is 0. The summed E-state index contributed by atoms with van der Waals surface area (Å²) < 4.78 is 0. The third-order valence-corrected chi connectivity index (χ3v) is 0.602. The topological polar surface area (TPSA) is 47.6 Å². The lowest BCUT2D eigenvalue weighted by Gasteiger charge is -1.68. The van der Waals surface area contributed by atoms with E-state index in [0.29, 0.717) is 0 Å². The summed E-state index contributed by atoms with van der Waals surface area (Å²) in [5.74, 6) is 5.03. The quantitative estimate of drug-likeness (QED) is 0.350. The SMILES string of the molecule is CC#CC=C(C#N)C#N. The maximum atomic E-state index is 8.14. The molecule has 0 aliphatic rings. The van der Waals surface area contributed by atoms with E-state index in [4.69, 9.17) is 10.5 Å². The lowest BCUT2D eigenvalue weighted by Crippen LogP contribution is -1.66. The summed E-state index contributed by atoms with van der Waals surface area (Å²) in [7, 11) is 0. The summed E-state index contributed by atoms with van der Waals surface area (Å²) in [4.78, 5) is 0. The van der Waals surface area contributed by atoms with E-state index in [1.165, 1.54) is 6.08 Å². The first-order valence-corrected chi connectivity index (χ1v) is 2.27. The Morgan fingerprint density at radius 1 is 1.33 bits per heavy atom. The highest BCUT2D eigenvalue weighted by atomic mass is 14.3. The second-order valence-electron chi connectivity index (χ2n) is 1.18. The Balaban J connectivity index is 4.30. The van der Waals surface area contributed by atoms with Gasteiger partial charge in [-0.05, 0) is 6.92 Å². The van der Waals surface area contributed by atoms with Crippen molar-refractivity contribution in [1.29, 1.82) is 10.5 Å². The van der Waals surface area contributed by atoms with Gasteiger partial charge in [-0.3, -0.25) is 0 Å². The predicted octanol–water partition coefficient (Wildman–Crippen LogP) is 0.983. The minimum absolute atomic E-state index is 0.0457. The van der Waals surface area contributed by atoms with Crippen LogP contribution in [-0.4, -0.2) is 0 Å². The van der Waals surface area contributed by atoms with Crippen LogP contribution in [0.4, 0.5) is 0 Å². The second-order valence-corrected chi connectivity index (χ2v) is 1.18. The average Bonchev–Trinajstić information content (AvgIpc) is 1.91. The molecule has 0 aliphatic carbocycles. The lowest BCUT2D eigenvalue weighted by molar-refractivity contribution is 1.46. The van der Waals surface area contributed by atoms with Crippen molar-refractivity contribution in [2.75, 3.05) is 0 Å². The van der Waals surface area contributed by atoms with Gasteiger partial charge in [0.2, 0.25) is 0 Å². The van der Waals surface area contributed by atoms with Crippen molar-refractivity contribution in [1.82, 2.24) is 0 Å². The van der Waals surface area contributed by atoms with Crippen molar-refractivity contribution in [2.24, 2.45) is 0 Å². The fraction of sp³-hybridized carbons (Fsp3) is 0.143. The Morgan fingerprint density at radius 2 is 1.89 bits per heavy atom. The summed E-state index contributed by atoms with van der Waals surface area (Å²) >= 11 is 0. The van der Waals surface area contributed by atoms with Gasteiger partial charge in [0, 0.05) is 6.08 Å². The zero-order valence-corrected chi connectivity index (χ0v) is 4.97. The van der Waals surface area contributed by atoms with Crippen molar-refractivity contribution in [3.8, 4) is 24.0 Å². The molecule has 0 aromatic carbocycles. The normalized spacial score (nSPS) is 5.22. The van der Waals surface area contributed by atoms with E-state index >= 15 is 0 Å². The molecule has 0 radical (unpaired) electrons. The summed E-state index contributed by atoms with van der Waals surface area (Å²) in [6, 6.07) is 3.37. The number of allylic oxidation sites excluding steroid dienone is 2. The Hall–Kier alpha value is -1.72. The first-order chi connectivity index (χ1) is 4.35. The largest absolute Gasteiger partial charge is 0.192 e. The molecule has 0 saturated heterocycles. The molecule has 0 saturated carbocycles. The smallest absolute Gasteiger partial charge is 0.137 e. The van der Waals surface area contributed by atoms with Gasteiger partial charge in [-0.25, -0.2) is 0 Å². The van der Waals surface area contributed by atoms with Gasteiger partial charge in [0.05, 0.1) is 0 Å². The number of rotatable bonds is 0. The molecular weight excluding hydrogens is 112 g/mol. The molecule has 9 heavy (non-hydrogen) atoms. The molecule has 0 amide bonds. The van der Waals surface area contributed by atoms with E-state index in [9.17, 15) is 0 Å². The zero-order valence-electron chi connectivity index (χ0n) is 4.97. The third-order valence-electron chi connectivity index (χ3n) is 0.602. The molecule has 0 aliphatic heterocycles. The molecule has 0 atom stereocenters. The maximum Gasteiger partial charge on any atom is 0.137 e. The Bertz CT molecular complexity index is 233. The van der Waals surface area contributed by atoms with E-state index in [1.54, 1.807) is 19.1 Å². The maximum absolute atomic E-state index is 8.14. The molecule has 0 N–H and O–H groups in total. The van der Waals surface area contributed by atoms with Gasteiger partial charge >= 0.3 is 0 Å². The molecule has 2 heteroatoms. The summed E-state index contributed by atoms with van der Waals surface area (Å²) in [6.45, 7) is 1.64. The fourth-order valence-electron chi connectivity index (χ4n) is 0.234. The van der Waals surface area contributed by atoms with Crippen LogP contribution < -0.4 is 0 Å². The van der Waals surface area contributed by atoms with Gasteiger partial charge in [0.15, 0.2) is 0 Å². The highest BCUT2D eigenvalue weighted by Gasteiger charge is 1.84. The van der Waals surface area contributed by atoms with E-state index in [-0.39, 0.29) is 5.57 Å². The lowest BCUT2D eigenvalue weighted by atomic mass is 10.3. The number of hydrogen-bond acceptors (Lipinski definition) is 2. The first kappa shape index (κ1) is 7.28. The molecule has 0 fully saturated rings.